The monoisotopic (exact) mass is 310 g/mol. The van der Waals surface area contributed by atoms with E-state index in [0.717, 1.165) is 6.07 Å². The number of carbonyl (C=O) groups excluding carboxylic acids is 1. The Balaban J connectivity index is 2.81. The lowest BCUT2D eigenvalue weighted by atomic mass is 10.1. The maximum Gasteiger partial charge on any atom is 0.425 e. The molecule has 1 N–H and O–H groups in total. The maximum atomic E-state index is 13.4. The van der Waals surface area contributed by atoms with Gasteiger partial charge in [-0.05, 0) is 31.5 Å². The van der Waals surface area contributed by atoms with E-state index in [1.54, 1.807) is 6.92 Å². The van der Waals surface area contributed by atoms with Crippen LogP contribution in [-0.2, 0) is 16.0 Å². The van der Waals surface area contributed by atoms with Crippen molar-refractivity contribution >= 4 is 5.97 Å². The Kier molecular flexibility index (Phi) is 5.40. The minimum Gasteiger partial charge on any atom is -0.502 e. The van der Waals surface area contributed by atoms with Crippen LogP contribution < -0.4 is 4.74 Å². The predicted octanol–water partition coefficient (Wildman–Crippen LogP) is 2.97. The van der Waals surface area contributed by atoms with Crippen molar-refractivity contribution in [1.29, 1.82) is 0 Å². The van der Waals surface area contributed by atoms with Crippen LogP contribution in [0.3, 0.4) is 0 Å². The van der Waals surface area contributed by atoms with Crippen LogP contribution in [-0.4, -0.2) is 30.0 Å². The van der Waals surface area contributed by atoms with Crippen LogP contribution in [0.15, 0.2) is 12.1 Å². The number of hydrogen-bond donors (Lipinski definition) is 1. The van der Waals surface area contributed by atoms with Crippen molar-refractivity contribution in [2.45, 2.75) is 32.5 Å². The molecule has 118 valence electrons. The number of aromatic hydroxyl groups is 1. The lowest BCUT2D eigenvalue weighted by Gasteiger charge is -2.16. The first-order valence-corrected chi connectivity index (χ1v) is 6.05. The van der Waals surface area contributed by atoms with Gasteiger partial charge in [-0.25, -0.2) is 4.39 Å². The summed E-state index contributed by atoms with van der Waals surface area (Å²) in [7, 11) is 0. The Hall–Kier alpha value is -1.99. The van der Waals surface area contributed by atoms with Gasteiger partial charge in [0, 0.05) is 0 Å². The summed E-state index contributed by atoms with van der Waals surface area (Å²) >= 11 is 0. The third-order valence-electron chi connectivity index (χ3n) is 2.51. The van der Waals surface area contributed by atoms with Gasteiger partial charge in [-0.15, -0.1) is 0 Å². The standard InChI is InChI=1S/C13H14F4O4/c1-3-20-10-5-8(4-9(14)12(10)19)6-11(18)21-7(2)13(15,16)17/h4-5,7,19H,3,6H2,1-2H3. The number of rotatable bonds is 5. The third-order valence-corrected chi connectivity index (χ3v) is 2.51. The molecule has 1 aromatic carbocycles. The number of hydrogen-bond acceptors (Lipinski definition) is 4. The average Bonchev–Trinajstić information content (AvgIpc) is 2.34. The van der Waals surface area contributed by atoms with Crippen LogP contribution in [0.2, 0.25) is 0 Å². The van der Waals surface area contributed by atoms with Crippen LogP contribution in [0.25, 0.3) is 0 Å². The number of phenolic OH excluding ortho intramolecular Hbond substituents is 1. The molecule has 8 heteroatoms. The van der Waals surface area contributed by atoms with Crippen molar-refractivity contribution in [3.8, 4) is 11.5 Å². The molecule has 0 amide bonds. The lowest BCUT2D eigenvalue weighted by Crippen LogP contribution is -2.31. The Morgan fingerprint density at radius 3 is 2.52 bits per heavy atom. The van der Waals surface area contributed by atoms with Gasteiger partial charge in [-0.3, -0.25) is 4.79 Å². The van der Waals surface area contributed by atoms with E-state index in [1.165, 1.54) is 6.07 Å². The molecule has 0 saturated heterocycles. The molecule has 4 nitrogen and oxygen atoms in total. The van der Waals surface area contributed by atoms with E-state index in [4.69, 9.17) is 4.74 Å². The van der Waals surface area contributed by atoms with E-state index in [9.17, 15) is 27.5 Å². The number of esters is 1. The first-order valence-electron chi connectivity index (χ1n) is 6.05. The van der Waals surface area contributed by atoms with E-state index < -0.39 is 36.2 Å². The van der Waals surface area contributed by atoms with Gasteiger partial charge in [-0.2, -0.15) is 13.2 Å². The Bertz CT molecular complexity index is 514. The number of ether oxygens (including phenoxy) is 2. The van der Waals surface area contributed by atoms with Gasteiger partial charge < -0.3 is 14.6 Å². The molecule has 0 fully saturated rings. The highest BCUT2D eigenvalue weighted by atomic mass is 19.4. The van der Waals surface area contributed by atoms with Crippen LogP contribution in [0.1, 0.15) is 19.4 Å². The molecule has 1 atom stereocenters. The summed E-state index contributed by atoms with van der Waals surface area (Å²) in [5.41, 5.74) is 0.0353. The van der Waals surface area contributed by atoms with E-state index in [2.05, 4.69) is 4.74 Å². The maximum absolute atomic E-state index is 13.4. The third kappa shape index (κ3) is 4.80. The summed E-state index contributed by atoms with van der Waals surface area (Å²) in [6, 6.07) is 2.00. The van der Waals surface area contributed by atoms with Gasteiger partial charge in [0.15, 0.2) is 23.4 Å². The molecule has 21 heavy (non-hydrogen) atoms. The molecule has 0 aliphatic rings. The van der Waals surface area contributed by atoms with Gasteiger partial charge in [0.1, 0.15) is 0 Å². The van der Waals surface area contributed by atoms with Crippen molar-refractivity contribution in [1.82, 2.24) is 0 Å². The second-order valence-corrected chi connectivity index (χ2v) is 4.21. The van der Waals surface area contributed by atoms with Crippen LogP contribution >= 0.6 is 0 Å². The molecule has 1 rings (SSSR count). The Morgan fingerprint density at radius 1 is 1.38 bits per heavy atom. The number of benzene rings is 1. The lowest BCUT2D eigenvalue weighted by molar-refractivity contribution is -0.215. The fraction of sp³-hybridized carbons (Fsp3) is 0.462. The molecule has 0 bridgehead atoms. The molecule has 0 aliphatic carbocycles. The van der Waals surface area contributed by atoms with Crippen molar-refractivity contribution in [3.63, 3.8) is 0 Å². The van der Waals surface area contributed by atoms with E-state index in [0.29, 0.717) is 6.92 Å². The zero-order chi connectivity index (χ0) is 16.2. The topological polar surface area (TPSA) is 55.8 Å². The second-order valence-electron chi connectivity index (χ2n) is 4.21. The molecule has 1 unspecified atom stereocenters. The van der Waals surface area contributed by atoms with Crippen molar-refractivity contribution < 1.29 is 36.9 Å². The van der Waals surface area contributed by atoms with Crippen molar-refractivity contribution in [3.05, 3.63) is 23.5 Å². The first-order chi connectivity index (χ1) is 9.65. The van der Waals surface area contributed by atoms with Crippen LogP contribution in [0.4, 0.5) is 17.6 Å². The summed E-state index contributed by atoms with van der Waals surface area (Å²) in [6.07, 6.45) is -7.48. The fourth-order valence-electron chi connectivity index (χ4n) is 1.47. The quantitative estimate of drug-likeness (QED) is 0.671. The molecule has 0 aromatic heterocycles. The largest absolute Gasteiger partial charge is 0.502 e. The minimum atomic E-state index is -4.66. The molecule has 0 heterocycles. The van der Waals surface area contributed by atoms with E-state index >= 15 is 0 Å². The van der Waals surface area contributed by atoms with E-state index in [1.807, 2.05) is 0 Å². The smallest absolute Gasteiger partial charge is 0.425 e. The normalized spacial score (nSPS) is 12.9. The predicted molar refractivity (Wildman–Crippen MR) is 64.5 cm³/mol. The summed E-state index contributed by atoms with van der Waals surface area (Å²) in [6.45, 7) is 2.44. The Morgan fingerprint density at radius 2 is 2.00 bits per heavy atom. The average molecular weight is 310 g/mol. The summed E-state index contributed by atoms with van der Waals surface area (Å²) < 4.78 is 59.3. The van der Waals surface area contributed by atoms with Crippen LogP contribution in [0, 0.1) is 5.82 Å². The highest BCUT2D eigenvalue weighted by Crippen LogP contribution is 2.31. The van der Waals surface area contributed by atoms with Crippen molar-refractivity contribution in [2.24, 2.45) is 0 Å². The van der Waals surface area contributed by atoms with Gasteiger partial charge in [-0.1, -0.05) is 0 Å². The molecular weight excluding hydrogens is 296 g/mol. The molecule has 0 saturated carbocycles. The van der Waals surface area contributed by atoms with Crippen molar-refractivity contribution in [2.75, 3.05) is 6.61 Å². The van der Waals surface area contributed by atoms with E-state index in [-0.39, 0.29) is 17.9 Å². The van der Waals surface area contributed by atoms with Crippen LogP contribution in [0.5, 0.6) is 11.5 Å². The number of alkyl halides is 3. The Labute approximate surface area is 118 Å². The highest BCUT2D eigenvalue weighted by Gasteiger charge is 2.39. The first kappa shape index (κ1) is 17.1. The number of phenols is 1. The fourth-order valence-corrected chi connectivity index (χ4v) is 1.47. The SMILES string of the molecule is CCOc1cc(CC(=O)OC(C)C(F)(F)F)cc(F)c1O. The minimum absolute atomic E-state index is 0.0353. The molecule has 0 aliphatic heterocycles. The molecule has 1 aromatic rings. The van der Waals surface area contributed by atoms with Gasteiger partial charge in [0.05, 0.1) is 13.0 Å². The highest BCUT2D eigenvalue weighted by molar-refractivity contribution is 5.73. The molecule has 0 radical (unpaired) electrons. The number of halogens is 4. The van der Waals surface area contributed by atoms with Gasteiger partial charge in [0.25, 0.3) is 0 Å². The number of carbonyl (C=O) groups is 1. The zero-order valence-electron chi connectivity index (χ0n) is 11.3. The second kappa shape index (κ2) is 6.64. The van der Waals surface area contributed by atoms with Gasteiger partial charge >= 0.3 is 12.1 Å². The molecule has 0 spiro atoms. The summed E-state index contributed by atoms with van der Waals surface area (Å²) in [5.74, 6) is -3.11. The summed E-state index contributed by atoms with van der Waals surface area (Å²) in [5, 5.41) is 9.37. The molecular formula is C13H14F4O4. The zero-order valence-corrected chi connectivity index (χ0v) is 11.3. The van der Waals surface area contributed by atoms with Gasteiger partial charge in [0.2, 0.25) is 0 Å². The summed E-state index contributed by atoms with van der Waals surface area (Å²) in [4.78, 5) is 11.4.